The van der Waals surface area contributed by atoms with Crippen LogP contribution in [0.4, 0.5) is 0 Å². The summed E-state index contributed by atoms with van der Waals surface area (Å²) in [6.45, 7) is 10.1. The van der Waals surface area contributed by atoms with Crippen LogP contribution in [0.2, 0.25) is 0 Å². The lowest BCUT2D eigenvalue weighted by atomic mass is 10.1. The van der Waals surface area contributed by atoms with Crippen molar-refractivity contribution in [2.75, 3.05) is 26.2 Å². The minimum atomic E-state index is 0.447. The van der Waals surface area contributed by atoms with Gasteiger partial charge in [0.1, 0.15) is 0 Å². The molecule has 1 aliphatic rings. The van der Waals surface area contributed by atoms with Crippen LogP contribution in [0.5, 0.6) is 0 Å². The molecule has 0 aliphatic carbocycles. The fourth-order valence-corrected chi connectivity index (χ4v) is 4.10. The third-order valence-corrected chi connectivity index (χ3v) is 5.76. The molecule has 3 heterocycles. The first kappa shape index (κ1) is 18.9. The number of rotatable bonds is 8. The predicted molar refractivity (Wildman–Crippen MR) is 109 cm³/mol. The van der Waals surface area contributed by atoms with Gasteiger partial charge >= 0.3 is 0 Å². The van der Waals surface area contributed by atoms with E-state index in [1.54, 1.807) is 4.88 Å². The van der Waals surface area contributed by atoms with E-state index >= 15 is 0 Å². The number of nitrogens with one attached hydrogen (secondary N) is 2. The van der Waals surface area contributed by atoms with E-state index in [1.807, 2.05) is 34.5 Å². The second kappa shape index (κ2) is 9.73. The van der Waals surface area contributed by atoms with Gasteiger partial charge in [-0.3, -0.25) is 14.6 Å². The van der Waals surface area contributed by atoms with Crippen molar-refractivity contribution in [1.29, 1.82) is 0 Å². The van der Waals surface area contributed by atoms with Crippen molar-refractivity contribution in [1.82, 2.24) is 25.3 Å². The van der Waals surface area contributed by atoms with Crippen LogP contribution in [-0.2, 0) is 19.5 Å². The molecule has 0 saturated heterocycles. The molecule has 2 N–H and O–H groups in total. The number of aromatic nitrogens is 2. The van der Waals surface area contributed by atoms with Gasteiger partial charge in [0.2, 0.25) is 0 Å². The average Bonchev–Trinajstić information content (AvgIpc) is 3.33. The van der Waals surface area contributed by atoms with Crippen LogP contribution < -0.4 is 10.6 Å². The molecule has 0 fully saturated rings. The highest BCUT2D eigenvalue weighted by Crippen LogP contribution is 2.25. The van der Waals surface area contributed by atoms with Crippen LogP contribution in [0.25, 0.3) is 0 Å². The molecule has 0 aromatic carbocycles. The highest BCUT2D eigenvalue weighted by molar-refractivity contribution is 7.10. The number of guanidine groups is 1. The summed E-state index contributed by atoms with van der Waals surface area (Å²) in [4.78, 5) is 8.90. The Bertz CT molecular complexity index is 678. The number of aryl methyl sites for hydroxylation is 1. The maximum Gasteiger partial charge on any atom is 0.191 e. The molecule has 1 aliphatic heterocycles. The molecule has 2 aromatic rings. The Kier molecular flexibility index (Phi) is 7.08. The van der Waals surface area contributed by atoms with Gasteiger partial charge in [0.25, 0.3) is 0 Å². The summed E-state index contributed by atoms with van der Waals surface area (Å²) in [6, 6.07) is 4.68. The third-order valence-electron chi connectivity index (χ3n) is 4.73. The molecular weight excluding hydrogens is 344 g/mol. The summed E-state index contributed by atoms with van der Waals surface area (Å²) in [5.74, 6) is 0.910. The zero-order chi connectivity index (χ0) is 18.2. The zero-order valence-corrected chi connectivity index (χ0v) is 16.6. The second-order valence-corrected chi connectivity index (χ2v) is 7.71. The van der Waals surface area contributed by atoms with Crippen molar-refractivity contribution in [3.8, 4) is 0 Å². The van der Waals surface area contributed by atoms with Gasteiger partial charge in [-0.15, -0.1) is 11.3 Å². The van der Waals surface area contributed by atoms with Crippen molar-refractivity contribution in [3.63, 3.8) is 0 Å². The van der Waals surface area contributed by atoms with E-state index in [1.165, 1.54) is 12.0 Å². The van der Waals surface area contributed by atoms with E-state index < -0.39 is 0 Å². The summed E-state index contributed by atoms with van der Waals surface area (Å²) in [5, 5.41) is 13.2. The van der Waals surface area contributed by atoms with Crippen molar-refractivity contribution in [2.24, 2.45) is 4.99 Å². The minimum absolute atomic E-state index is 0.447. The SMILES string of the molecule is CCNC(=NCC(C)N1CCc2sccc2C1)NCCCn1cccn1. The summed E-state index contributed by atoms with van der Waals surface area (Å²) < 4.78 is 1.96. The summed E-state index contributed by atoms with van der Waals surface area (Å²) in [7, 11) is 0. The molecular formula is C19H30N6S. The highest BCUT2D eigenvalue weighted by atomic mass is 32.1. The molecule has 0 spiro atoms. The first-order chi connectivity index (χ1) is 12.8. The van der Waals surface area contributed by atoms with Crippen LogP contribution in [-0.4, -0.2) is 52.9 Å². The maximum atomic E-state index is 4.80. The fourth-order valence-electron chi connectivity index (χ4n) is 3.21. The zero-order valence-electron chi connectivity index (χ0n) is 15.8. The van der Waals surface area contributed by atoms with E-state index in [4.69, 9.17) is 4.99 Å². The lowest BCUT2D eigenvalue weighted by molar-refractivity contribution is 0.197. The Morgan fingerprint density at radius 3 is 3.15 bits per heavy atom. The summed E-state index contributed by atoms with van der Waals surface area (Å²) in [5.41, 5.74) is 1.50. The van der Waals surface area contributed by atoms with Gasteiger partial charge in [-0.1, -0.05) is 0 Å². The monoisotopic (exact) mass is 374 g/mol. The minimum Gasteiger partial charge on any atom is -0.357 e. The predicted octanol–water partition coefficient (Wildman–Crippen LogP) is 2.34. The molecule has 2 aromatic heterocycles. The van der Waals surface area contributed by atoms with Crippen LogP contribution in [0.3, 0.4) is 0 Å². The first-order valence-corrected chi connectivity index (χ1v) is 10.4. The van der Waals surface area contributed by atoms with E-state index in [2.05, 4.69) is 45.9 Å². The van der Waals surface area contributed by atoms with Gasteiger partial charge in [0.05, 0.1) is 6.54 Å². The maximum absolute atomic E-state index is 4.80. The average molecular weight is 375 g/mol. The molecule has 0 radical (unpaired) electrons. The van der Waals surface area contributed by atoms with E-state index in [9.17, 15) is 0 Å². The van der Waals surface area contributed by atoms with Gasteiger partial charge in [-0.05, 0) is 49.8 Å². The molecule has 3 rings (SSSR count). The van der Waals surface area contributed by atoms with E-state index in [0.29, 0.717) is 6.04 Å². The first-order valence-electron chi connectivity index (χ1n) is 9.55. The lowest BCUT2D eigenvalue weighted by Crippen LogP contribution is -2.41. The van der Waals surface area contributed by atoms with Gasteiger partial charge in [0, 0.05) is 56.0 Å². The van der Waals surface area contributed by atoms with Gasteiger partial charge in [0.15, 0.2) is 5.96 Å². The topological polar surface area (TPSA) is 57.5 Å². The number of fused-ring (bicyclic) bond motifs is 1. The number of thiophene rings is 1. The van der Waals surface area contributed by atoms with Crippen LogP contribution >= 0.6 is 11.3 Å². The van der Waals surface area contributed by atoms with Crippen LogP contribution in [0, 0.1) is 0 Å². The van der Waals surface area contributed by atoms with Crippen molar-refractivity contribution < 1.29 is 0 Å². The normalized spacial score (nSPS) is 16.3. The van der Waals surface area contributed by atoms with Crippen LogP contribution in [0.1, 0.15) is 30.7 Å². The molecule has 6 nitrogen and oxygen atoms in total. The molecule has 0 saturated carbocycles. The Morgan fingerprint density at radius 1 is 1.42 bits per heavy atom. The molecule has 7 heteroatoms. The Hall–Kier alpha value is -1.86. The summed E-state index contributed by atoms with van der Waals surface area (Å²) >= 11 is 1.89. The molecule has 1 unspecified atom stereocenters. The molecule has 1 atom stereocenters. The fraction of sp³-hybridized carbons (Fsp3) is 0.579. The van der Waals surface area contributed by atoms with Gasteiger partial charge < -0.3 is 10.6 Å². The lowest BCUT2D eigenvalue weighted by Gasteiger charge is -2.31. The van der Waals surface area contributed by atoms with E-state index in [0.717, 1.165) is 51.6 Å². The largest absolute Gasteiger partial charge is 0.357 e. The molecule has 0 amide bonds. The van der Waals surface area contributed by atoms with Crippen molar-refractivity contribution in [3.05, 3.63) is 40.3 Å². The summed E-state index contributed by atoms with van der Waals surface area (Å²) in [6.07, 6.45) is 6.01. The van der Waals surface area contributed by atoms with Gasteiger partial charge in [-0.25, -0.2) is 0 Å². The number of nitrogens with zero attached hydrogens (tertiary/aromatic N) is 4. The Morgan fingerprint density at radius 2 is 2.35 bits per heavy atom. The van der Waals surface area contributed by atoms with Crippen molar-refractivity contribution >= 4 is 17.3 Å². The second-order valence-electron chi connectivity index (χ2n) is 6.71. The number of hydrogen-bond acceptors (Lipinski definition) is 4. The quantitative estimate of drug-likeness (QED) is 0.423. The Labute approximate surface area is 160 Å². The Balaban J connectivity index is 1.44. The van der Waals surface area contributed by atoms with Gasteiger partial charge in [-0.2, -0.15) is 5.10 Å². The number of hydrogen-bond donors (Lipinski definition) is 2. The molecule has 0 bridgehead atoms. The van der Waals surface area contributed by atoms with Crippen LogP contribution in [0.15, 0.2) is 34.9 Å². The van der Waals surface area contributed by atoms with Crippen molar-refractivity contribution in [2.45, 2.75) is 45.8 Å². The molecule has 26 heavy (non-hydrogen) atoms. The van der Waals surface area contributed by atoms with E-state index in [-0.39, 0.29) is 0 Å². The standard InChI is InChI=1S/C19H30N6S/c1-3-20-19(21-8-4-10-25-11-5-9-23-25)22-14-16(2)24-12-6-18-17(15-24)7-13-26-18/h5,7,9,11,13,16H,3-4,6,8,10,12,14-15H2,1-2H3,(H2,20,21,22). The smallest absolute Gasteiger partial charge is 0.191 e. The third kappa shape index (κ3) is 5.32. The molecule has 142 valence electrons. The highest BCUT2D eigenvalue weighted by Gasteiger charge is 2.21. The number of aliphatic imine (C=N–C) groups is 1.